The van der Waals surface area contributed by atoms with E-state index in [-0.39, 0.29) is 17.9 Å². The standard InChI is InChI=1S/C27H33N3O3S/c1-4-33-23-12-8-6-10-19(23)16-30-25(31)22-15-24-21(13-14-34-24)29(22)17-27(30,3)26(32)28-20-11-7-5-9-18(20)2/h6,8,10,12-15,18,20H,4-5,7,9,11,16-17H2,1-3H3,(H,28,32)/t18-,20-,27-/m1/s1. The van der Waals surface area contributed by atoms with Gasteiger partial charge in [0.05, 0.1) is 29.9 Å². The highest BCUT2D eigenvalue weighted by atomic mass is 32.1. The van der Waals surface area contributed by atoms with E-state index in [1.807, 2.05) is 60.2 Å². The first kappa shape index (κ1) is 23.0. The second kappa shape index (κ2) is 9.10. The van der Waals surface area contributed by atoms with Gasteiger partial charge >= 0.3 is 0 Å². The Bertz CT molecular complexity index is 1210. The van der Waals surface area contributed by atoms with E-state index in [1.165, 1.54) is 6.42 Å². The number of carbonyl (C=O) groups is 2. The van der Waals surface area contributed by atoms with Crippen molar-refractivity contribution >= 4 is 33.4 Å². The minimum atomic E-state index is -1.02. The van der Waals surface area contributed by atoms with Crippen LogP contribution in [0, 0.1) is 5.92 Å². The summed E-state index contributed by atoms with van der Waals surface area (Å²) in [7, 11) is 0. The summed E-state index contributed by atoms with van der Waals surface area (Å²) in [6.45, 7) is 7.37. The molecule has 2 aromatic heterocycles. The Morgan fingerprint density at radius 3 is 2.82 bits per heavy atom. The summed E-state index contributed by atoms with van der Waals surface area (Å²) >= 11 is 1.62. The molecular formula is C27H33N3O3S. The van der Waals surface area contributed by atoms with Gasteiger partial charge in [-0.3, -0.25) is 9.59 Å². The van der Waals surface area contributed by atoms with Crippen LogP contribution in [-0.2, 0) is 17.9 Å². The molecule has 1 saturated carbocycles. The zero-order chi connectivity index (χ0) is 23.9. The van der Waals surface area contributed by atoms with Crippen LogP contribution >= 0.6 is 11.3 Å². The number of nitrogens with one attached hydrogen (secondary N) is 1. The fraction of sp³-hybridized carbons (Fsp3) is 0.481. The van der Waals surface area contributed by atoms with E-state index in [1.54, 1.807) is 16.2 Å². The molecule has 1 aromatic carbocycles. The molecule has 1 fully saturated rings. The molecule has 5 rings (SSSR count). The van der Waals surface area contributed by atoms with Gasteiger partial charge in [0.25, 0.3) is 5.91 Å². The fourth-order valence-corrected chi connectivity index (χ4v) is 6.30. The van der Waals surface area contributed by atoms with Crippen molar-refractivity contribution in [1.29, 1.82) is 0 Å². The zero-order valence-corrected chi connectivity index (χ0v) is 21.0. The van der Waals surface area contributed by atoms with Crippen molar-refractivity contribution in [2.75, 3.05) is 6.61 Å². The van der Waals surface area contributed by atoms with Crippen molar-refractivity contribution in [2.45, 2.75) is 71.1 Å². The Hall–Kier alpha value is -2.80. The van der Waals surface area contributed by atoms with Crippen molar-refractivity contribution in [2.24, 2.45) is 5.92 Å². The summed E-state index contributed by atoms with van der Waals surface area (Å²) in [6.07, 6.45) is 4.47. The van der Waals surface area contributed by atoms with E-state index < -0.39 is 5.54 Å². The van der Waals surface area contributed by atoms with Gasteiger partial charge < -0.3 is 19.5 Å². The van der Waals surface area contributed by atoms with Gasteiger partial charge in [-0.15, -0.1) is 11.3 Å². The number of hydrogen-bond acceptors (Lipinski definition) is 4. The van der Waals surface area contributed by atoms with Gasteiger partial charge in [0.15, 0.2) is 0 Å². The van der Waals surface area contributed by atoms with E-state index in [2.05, 4.69) is 12.2 Å². The molecule has 1 aliphatic carbocycles. The molecule has 0 saturated heterocycles. The monoisotopic (exact) mass is 479 g/mol. The maximum absolute atomic E-state index is 13.9. The smallest absolute Gasteiger partial charge is 0.271 e. The Balaban J connectivity index is 1.54. The van der Waals surface area contributed by atoms with E-state index in [9.17, 15) is 9.59 Å². The number of amides is 2. The molecule has 6 nitrogen and oxygen atoms in total. The van der Waals surface area contributed by atoms with Gasteiger partial charge in [-0.25, -0.2) is 0 Å². The molecule has 3 atom stereocenters. The van der Waals surface area contributed by atoms with Crippen molar-refractivity contribution in [3.8, 4) is 5.75 Å². The molecule has 7 heteroatoms. The Morgan fingerprint density at radius 2 is 2.03 bits per heavy atom. The number of carbonyl (C=O) groups excluding carboxylic acids is 2. The molecule has 3 aromatic rings. The van der Waals surface area contributed by atoms with Gasteiger partial charge in [-0.2, -0.15) is 0 Å². The van der Waals surface area contributed by atoms with Crippen LogP contribution < -0.4 is 10.1 Å². The quantitative estimate of drug-likeness (QED) is 0.528. The maximum Gasteiger partial charge on any atom is 0.271 e. The number of nitrogens with zero attached hydrogens (tertiary/aromatic N) is 2. The van der Waals surface area contributed by atoms with Crippen molar-refractivity contribution in [1.82, 2.24) is 14.8 Å². The van der Waals surface area contributed by atoms with Crippen molar-refractivity contribution in [3.05, 3.63) is 53.0 Å². The first-order chi connectivity index (χ1) is 16.4. The third kappa shape index (κ3) is 3.90. The summed E-state index contributed by atoms with van der Waals surface area (Å²) in [6, 6.07) is 11.9. The van der Waals surface area contributed by atoms with Crippen LogP contribution in [0.25, 0.3) is 10.2 Å². The van der Waals surface area contributed by atoms with Crippen LogP contribution in [0.1, 0.15) is 62.5 Å². The number of thiophene rings is 1. The summed E-state index contributed by atoms with van der Waals surface area (Å²) in [5.41, 5.74) is 1.55. The number of hydrogen-bond donors (Lipinski definition) is 1. The molecule has 1 N–H and O–H groups in total. The summed E-state index contributed by atoms with van der Waals surface area (Å²) < 4.78 is 8.94. The maximum atomic E-state index is 13.9. The highest BCUT2D eigenvalue weighted by molar-refractivity contribution is 7.17. The molecule has 0 bridgehead atoms. The highest BCUT2D eigenvalue weighted by Gasteiger charge is 2.48. The summed E-state index contributed by atoms with van der Waals surface area (Å²) in [5, 5.41) is 5.38. The predicted octanol–water partition coefficient (Wildman–Crippen LogP) is 5.21. The van der Waals surface area contributed by atoms with Gasteiger partial charge in [-0.05, 0) is 56.2 Å². The Morgan fingerprint density at radius 1 is 1.24 bits per heavy atom. The average Bonchev–Trinajstić information content (AvgIpc) is 3.42. The lowest BCUT2D eigenvalue weighted by atomic mass is 9.85. The van der Waals surface area contributed by atoms with E-state index >= 15 is 0 Å². The van der Waals surface area contributed by atoms with Gasteiger partial charge in [0.1, 0.15) is 17.0 Å². The van der Waals surface area contributed by atoms with Crippen molar-refractivity contribution < 1.29 is 14.3 Å². The van der Waals surface area contributed by atoms with Gasteiger partial charge in [0.2, 0.25) is 5.91 Å². The van der Waals surface area contributed by atoms with Crippen LogP contribution in [0.15, 0.2) is 41.8 Å². The van der Waals surface area contributed by atoms with Gasteiger partial charge in [0, 0.05) is 11.6 Å². The summed E-state index contributed by atoms with van der Waals surface area (Å²) in [5.74, 6) is 1.01. The largest absolute Gasteiger partial charge is 0.494 e. The molecule has 34 heavy (non-hydrogen) atoms. The predicted molar refractivity (Wildman–Crippen MR) is 135 cm³/mol. The minimum Gasteiger partial charge on any atom is -0.494 e. The lowest BCUT2D eigenvalue weighted by Crippen LogP contribution is -2.65. The van der Waals surface area contributed by atoms with Crippen LogP contribution in [-0.4, -0.2) is 39.5 Å². The molecular weight excluding hydrogens is 446 g/mol. The fourth-order valence-electron chi connectivity index (χ4n) is 5.48. The lowest BCUT2D eigenvalue weighted by Gasteiger charge is -2.45. The molecule has 0 radical (unpaired) electrons. The molecule has 0 unspecified atom stereocenters. The molecule has 1 aliphatic heterocycles. The third-order valence-electron chi connectivity index (χ3n) is 7.57. The molecule has 3 heterocycles. The zero-order valence-electron chi connectivity index (χ0n) is 20.2. The van der Waals surface area contributed by atoms with Gasteiger partial charge in [-0.1, -0.05) is 38.0 Å². The SMILES string of the molecule is CCOc1ccccc1CN1C(=O)c2cc3sccc3n2C[C@]1(C)C(=O)N[C@@H]1CCCC[C@H]1C. The van der Waals surface area contributed by atoms with E-state index in [0.29, 0.717) is 31.3 Å². The number of rotatable bonds is 6. The second-order valence-corrected chi connectivity index (χ2v) is 10.8. The number of aromatic nitrogens is 1. The first-order valence-electron chi connectivity index (χ1n) is 12.3. The molecule has 2 amide bonds. The lowest BCUT2D eigenvalue weighted by molar-refractivity contribution is -0.134. The van der Waals surface area contributed by atoms with Crippen LogP contribution in [0.2, 0.25) is 0 Å². The molecule has 0 spiro atoms. The van der Waals surface area contributed by atoms with E-state index in [4.69, 9.17) is 4.74 Å². The Kier molecular flexibility index (Phi) is 6.15. The number of para-hydroxylation sites is 1. The number of ether oxygens (including phenoxy) is 1. The number of fused-ring (bicyclic) bond motifs is 3. The third-order valence-corrected chi connectivity index (χ3v) is 8.42. The molecule has 180 valence electrons. The average molecular weight is 480 g/mol. The first-order valence-corrected chi connectivity index (χ1v) is 13.2. The minimum absolute atomic E-state index is 0.0729. The van der Waals surface area contributed by atoms with Crippen LogP contribution in [0.3, 0.4) is 0 Å². The Labute approximate surface area is 204 Å². The van der Waals surface area contributed by atoms with Crippen LogP contribution in [0.4, 0.5) is 0 Å². The molecule has 2 aliphatic rings. The summed E-state index contributed by atoms with van der Waals surface area (Å²) in [4.78, 5) is 29.6. The number of benzene rings is 1. The van der Waals surface area contributed by atoms with Crippen LogP contribution in [0.5, 0.6) is 5.75 Å². The second-order valence-electron chi connectivity index (χ2n) is 9.83. The highest BCUT2D eigenvalue weighted by Crippen LogP contribution is 2.36. The van der Waals surface area contributed by atoms with E-state index in [0.717, 1.165) is 40.8 Å². The van der Waals surface area contributed by atoms with Crippen molar-refractivity contribution in [3.63, 3.8) is 0 Å². The normalized spacial score (nSPS) is 24.8. The topological polar surface area (TPSA) is 63.6 Å².